The maximum absolute atomic E-state index is 2.33. The summed E-state index contributed by atoms with van der Waals surface area (Å²) in [5, 5.41) is 0. The van der Waals surface area contributed by atoms with Crippen LogP contribution in [0.3, 0.4) is 0 Å². The molecule has 1 aromatic rings. The average Bonchev–Trinajstić information content (AvgIpc) is 2.26. The van der Waals surface area contributed by atoms with Crippen molar-refractivity contribution in [3.8, 4) is 0 Å². The van der Waals surface area contributed by atoms with Gasteiger partial charge < -0.3 is 0 Å². The van der Waals surface area contributed by atoms with Gasteiger partial charge in [-0.15, -0.1) is 0 Å². The van der Waals surface area contributed by atoms with E-state index in [9.17, 15) is 0 Å². The van der Waals surface area contributed by atoms with Crippen LogP contribution in [0.15, 0.2) is 24.3 Å². The van der Waals surface area contributed by atoms with Gasteiger partial charge in [0.05, 0.1) is 0 Å². The van der Waals surface area contributed by atoms with E-state index < -0.39 is 0 Å². The van der Waals surface area contributed by atoms with E-state index in [1.165, 1.54) is 30.4 Å². The smallest absolute Gasteiger partial charge is 0.0190 e. The fourth-order valence-electron chi connectivity index (χ4n) is 1.76. The topological polar surface area (TPSA) is 0 Å². The summed E-state index contributed by atoms with van der Waals surface area (Å²) in [5.41, 5.74) is 2.94. The Bertz CT molecular complexity index is 245. The number of hydrogen-bond donors (Lipinski definition) is 0. The minimum absolute atomic E-state index is 0.723. The first-order valence-corrected chi connectivity index (χ1v) is 5.86. The molecule has 0 radical (unpaired) electrons. The summed E-state index contributed by atoms with van der Waals surface area (Å²) in [6.45, 7) is 6.79. The van der Waals surface area contributed by atoms with Crippen molar-refractivity contribution in [3.63, 3.8) is 0 Å². The number of benzene rings is 1. The van der Waals surface area contributed by atoms with Gasteiger partial charge in [0.2, 0.25) is 0 Å². The second-order valence-electron chi connectivity index (χ2n) is 4.14. The molecule has 1 atom stereocenters. The van der Waals surface area contributed by atoms with Crippen molar-refractivity contribution in [2.45, 2.75) is 52.4 Å². The summed E-state index contributed by atoms with van der Waals surface area (Å²) in [6, 6.07) is 9.11. The lowest BCUT2D eigenvalue weighted by atomic mass is 9.94. The molecule has 78 valence electrons. The first kappa shape index (κ1) is 11.3. The summed E-state index contributed by atoms with van der Waals surface area (Å²) < 4.78 is 0. The second-order valence-corrected chi connectivity index (χ2v) is 4.14. The molecule has 1 aromatic carbocycles. The summed E-state index contributed by atoms with van der Waals surface area (Å²) in [6.07, 6.45) is 5.11. The molecule has 0 saturated heterocycles. The van der Waals surface area contributed by atoms with Gasteiger partial charge in [0.1, 0.15) is 0 Å². The Balaban J connectivity index is 2.57. The fraction of sp³-hybridized carbons (Fsp3) is 0.571. The van der Waals surface area contributed by atoms with Crippen molar-refractivity contribution in [1.29, 1.82) is 0 Å². The van der Waals surface area contributed by atoms with Gasteiger partial charge in [0.15, 0.2) is 0 Å². The lowest BCUT2D eigenvalue weighted by Crippen LogP contribution is -1.93. The third-order valence-electron chi connectivity index (χ3n) is 2.95. The van der Waals surface area contributed by atoms with Gasteiger partial charge in [-0.3, -0.25) is 0 Å². The van der Waals surface area contributed by atoms with Crippen LogP contribution in [0.2, 0.25) is 0 Å². The van der Waals surface area contributed by atoms with Gasteiger partial charge in [-0.05, 0) is 29.9 Å². The maximum atomic E-state index is 2.33. The Labute approximate surface area is 88.4 Å². The molecule has 0 heteroatoms. The zero-order valence-corrected chi connectivity index (χ0v) is 9.72. The van der Waals surface area contributed by atoms with E-state index in [-0.39, 0.29) is 0 Å². The highest BCUT2D eigenvalue weighted by Gasteiger charge is 2.03. The summed E-state index contributed by atoms with van der Waals surface area (Å²) in [4.78, 5) is 0. The van der Waals surface area contributed by atoms with Gasteiger partial charge in [-0.1, -0.05) is 57.9 Å². The molecule has 1 unspecified atom stereocenters. The molecule has 0 amide bonds. The standard InChI is InChI=1S/C14H22/c1-4-6-7-12(3)14-10-8-13(5-2)9-11-14/h8-12H,4-7H2,1-3H3. The summed E-state index contributed by atoms with van der Waals surface area (Å²) >= 11 is 0. The minimum Gasteiger partial charge on any atom is -0.0654 e. The highest BCUT2D eigenvalue weighted by molar-refractivity contribution is 5.24. The van der Waals surface area contributed by atoms with E-state index in [1.807, 2.05) is 0 Å². The van der Waals surface area contributed by atoms with E-state index in [0.717, 1.165) is 12.3 Å². The molecule has 0 heterocycles. The number of rotatable bonds is 5. The first-order valence-electron chi connectivity index (χ1n) is 5.86. The van der Waals surface area contributed by atoms with Crippen LogP contribution in [-0.2, 0) is 6.42 Å². The molecule has 0 bridgehead atoms. The molecule has 0 nitrogen and oxygen atoms in total. The van der Waals surface area contributed by atoms with E-state index in [0.29, 0.717) is 0 Å². The number of aryl methyl sites for hydroxylation is 1. The van der Waals surface area contributed by atoms with E-state index >= 15 is 0 Å². The Morgan fingerprint density at radius 1 is 1.07 bits per heavy atom. The van der Waals surface area contributed by atoms with Crippen LogP contribution in [0.1, 0.15) is 57.1 Å². The van der Waals surface area contributed by atoms with Crippen LogP contribution in [0.5, 0.6) is 0 Å². The Hall–Kier alpha value is -0.780. The molecule has 14 heavy (non-hydrogen) atoms. The van der Waals surface area contributed by atoms with Crippen molar-refractivity contribution in [3.05, 3.63) is 35.4 Å². The molecule has 0 aliphatic carbocycles. The van der Waals surface area contributed by atoms with Gasteiger partial charge in [-0.25, -0.2) is 0 Å². The van der Waals surface area contributed by atoms with Crippen LogP contribution >= 0.6 is 0 Å². The predicted molar refractivity (Wildman–Crippen MR) is 63.8 cm³/mol. The quantitative estimate of drug-likeness (QED) is 0.639. The zero-order chi connectivity index (χ0) is 10.4. The lowest BCUT2D eigenvalue weighted by molar-refractivity contribution is 0.624. The first-order chi connectivity index (χ1) is 6.77. The van der Waals surface area contributed by atoms with E-state index in [1.54, 1.807) is 0 Å². The zero-order valence-electron chi connectivity index (χ0n) is 9.72. The van der Waals surface area contributed by atoms with Gasteiger partial charge in [-0.2, -0.15) is 0 Å². The van der Waals surface area contributed by atoms with Gasteiger partial charge >= 0.3 is 0 Å². The third-order valence-corrected chi connectivity index (χ3v) is 2.95. The Morgan fingerprint density at radius 3 is 2.21 bits per heavy atom. The van der Waals surface area contributed by atoms with E-state index in [4.69, 9.17) is 0 Å². The lowest BCUT2D eigenvalue weighted by Gasteiger charge is -2.11. The van der Waals surface area contributed by atoms with Gasteiger partial charge in [0, 0.05) is 0 Å². The number of hydrogen-bond acceptors (Lipinski definition) is 0. The minimum atomic E-state index is 0.723. The molecule has 0 spiro atoms. The highest BCUT2D eigenvalue weighted by atomic mass is 14.1. The van der Waals surface area contributed by atoms with E-state index in [2.05, 4.69) is 45.0 Å². The molecule has 1 rings (SSSR count). The van der Waals surface area contributed by atoms with Crippen molar-refractivity contribution in [2.24, 2.45) is 0 Å². The fourth-order valence-corrected chi connectivity index (χ4v) is 1.76. The van der Waals surface area contributed by atoms with Crippen LogP contribution in [-0.4, -0.2) is 0 Å². The molecule has 0 aliphatic rings. The van der Waals surface area contributed by atoms with Crippen LogP contribution in [0, 0.1) is 0 Å². The summed E-state index contributed by atoms with van der Waals surface area (Å²) in [5.74, 6) is 0.723. The monoisotopic (exact) mass is 190 g/mol. The second kappa shape index (κ2) is 5.85. The van der Waals surface area contributed by atoms with Crippen LogP contribution in [0.4, 0.5) is 0 Å². The summed E-state index contributed by atoms with van der Waals surface area (Å²) in [7, 11) is 0. The SMILES string of the molecule is CCCCC(C)c1ccc(CC)cc1. The van der Waals surface area contributed by atoms with Crippen molar-refractivity contribution < 1.29 is 0 Å². The molecule has 0 aromatic heterocycles. The maximum Gasteiger partial charge on any atom is -0.0190 e. The van der Waals surface area contributed by atoms with Crippen LogP contribution < -0.4 is 0 Å². The Kier molecular flexibility index (Phi) is 4.72. The molecule has 0 saturated carbocycles. The molecular weight excluding hydrogens is 168 g/mol. The highest BCUT2D eigenvalue weighted by Crippen LogP contribution is 2.21. The Morgan fingerprint density at radius 2 is 1.71 bits per heavy atom. The van der Waals surface area contributed by atoms with Crippen molar-refractivity contribution >= 4 is 0 Å². The van der Waals surface area contributed by atoms with Crippen LogP contribution in [0.25, 0.3) is 0 Å². The molecule has 0 fully saturated rings. The van der Waals surface area contributed by atoms with Crippen molar-refractivity contribution in [2.75, 3.05) is 0 Å². The molecular formula is C14H22. The normalized spacial score (nSPS) is 12.8. The largest absolute Gasteiger partial charge is 0.0654 e. The van der Waals surface area contributed by atoms with Gasteiger partial charge in [0.25, 0.3) is 0 Å². The third kappa shape index (κ3) is 3.17. The predicted octanol–water partition coefficient (Wildman–Crippen LogP) is 4.54. The average molecular weight is 190 g/mol. The molecule has 0 N–H and O–H groups in total. The molecule has 0 aliphatic heterocycles. The van der Waals surface area contributed by atoms with Crippen molar-refractivity contribution in [1.82, 2.24) is 0 Å². The number of unbranched alkanes of at least 4 members (excludes halogenated alkanes) is 1.